The van der Waals surface area contributed by atoms with Crippen LogP contribution >= 0.6 is 0 Å². The van der Waals surface area contributed by atoms with Crippen LogP contribution in [0.3, 0.4) is 0 Å². The Morgan fingerprint density at radius 1 is 1.00 bits per heavy atom. The Morgan fingerprint density at radius 2 is 1.73 bits per heavy atom. The molecule has 0 unspecified atom stereocenters. The summed E-state index contributed by atoms with van der Waals surface area (Å²) in [6.45, 7) is 0. The molecule has 0 aliphatic heterocycles. The van der Waals surface area contributed by atoms with Gasteiger partial charge >= 0.3 is 6.01 Å². The average molecular weight is 301 g/mol. The molecule has 5 nitrogen and oxygen atoms in total. The van der Waals surface area contributed by atoms with Crippen LogP contribution in [0.1, 0.15) is 10.4 Å². The Bertz CT molecular complexity index is 833. The third-order valence-corrected chi connectivity index (χ3v) is 2.80. The number of carbonyl (C=O) groups excluding carboxylic acids is 1. The van der Waals surface area contributed by atoms with E-state index < -0.39 is 17.5 Å². The van der Waals surface area contributed by atoms with Crippen molar-refractivity contribution in [2.75, 3.05) is 5.32 Å². The maximum absolute atomic E-state index is 13.1. The zero-order valence-electron chi connectivity index (χ0n) is 11.1. The van der Waals surface area contributed by atoms with E-state index in [1.807, 2.05) is 0 Å². The largest absolute Gasteiger partial charge is 0.403 e. The van der Waals surface area contributed by atoms with E-state index in [2.05, 4.69) is 15.5 Å². The van der Waals surface area contributed by atoms with Crippen molar-refractivity contribution >= 4 is 11.9 Å². The molecule has 1 amide bonds. The molecule has 0 saturated heterocycles. The SMILES string of the molecule is O=C(Nc1nnc(-c2cccc(F)c2)o1)c1cccc(F)c1. The first-order chi connectivity index (χ1) is 10.6. The summed E-state index contributed by atoms with van der Waals surface area (Å²) in [4.78, 5) is 11.9. The van der Waals surface area contributed by atoms with Crippen LogP contribution in [-0.2, 0) is 0 Å². The van der Waals surface area contributed by atoms with Gasteiger partial charge in [0.25, 0.3) is 5.91 Å². The fraction of sp³-hybridized carbons (Fsp3) is 0. The lowest BCUT2D eigenvalue weighted by Crippen LogP contribution is -2.12. The molecule has 3 rings (SSSR count). The minimum Gasteiger partial charge on any atom is -0.403 e. The molecule has 2 aromatic carbocycles. The van der Waals surface area contributed by atoms with Gasteiger partial charge in [-0.1, -0.05) is 17.2 Å². The van der Waals surface area contributed by atoms with E-state index in [1.165, 1.54) is 36.4 Å². The molecule has 110 valence electrons. The summed E-state index contributed by atoms with van der Waals surface area (Å²) in [5, 5.41) is 9.72. The Morgan fingerprint density at radius 3 is 2.45 bits per heavy atom. The number of carbonyl (C=O) groups is 1. The predicted octanol–water partition coefficient (Wildman–Crippen LogP) is 3.27. The third-order valence-electron chi connectivity index (χ3n) is 2.80. The van der Waals surface area contributed by atoms with Crippen molar-refractivity contribution in [3.05, 3.63) is 65.7 Å². The van der Waals surface area contributed by atoms with E-state index in [0.29, 0.717) is 5.56 Å². The van der Waals surface area contributed by atoms with Gasteiger partial charge in [0.2, 0.25) is 5.89 Å². The number of nitrogens with zero attached hydrogens (tertiary/aromatic N) is 2. The van der Waals surface area contributed by atoms with E-state index in [1.54, 1.807) is 6.07 Å². The lowest BCUT2D eigenvalue weighted by molar-refractivity contribution is 0.102. The highest BCUT2D eigenvalue weighted by Gasteiger charge is 2.13. The monoisotopic (exact) mass is 301 g/mol. The van der Waals surface area contributed by atoms with E-state index >= 15 is 0 Å². The number of aromatic nitrogens is 2. The molecule has 1 heterocycles. The summed E-state index contributed by atoms with van der Waals surface area (Å²) in [6.07, 6.45) is 0. The predicted molar refractivity (Wildman–Crippen MR) is 74.0 cm³/mol. The lowest BCUT2D eigenvalue weighted by Gasteiger charge is -2.00. The molecular weight excluding hydrogens is 292 g/mol. The first-order valence-corrected chi connectivity index (χ1v) is 6.28. The second kappa shape index (κ2) is 5.72. The molecular formula is C15H9F2N3O2. The molecule has 1 N–H and O–H groups in total. The van der Waals surface area contributed by atoms with Crippen molar-refractivity contribution in [1.29, 1.82) is 0 Å². The molecule has 7 heteroatoms. The van der Waals surface area contributed by atoms with Crippen LogP contribution in [0.5, 0.6) is 0 Å². The first kappa shape index (κ1) is 13.9. The summed E-state index contributed by atoms with van der Waals surface area (Å²) >= 11 is 0. The van der Waals surface area contributed by atoms with Crippen LogP contribution in [0.4, 0.5) is 14.8 Å². The molecule has 0 aliphatic carbocycles. The van der Waals surface area contributed by atoms with Crippen LogP contribution in [-0.4, -0.2) is 16.1 Å². The maximum Gasteiger partial charge on any atom is 0.322 e. The summed E-state index contributed by atoms with van der Waals surface area (Å²) in [5.74, 6) is -1.50. The number of benzene rings is 2. The van der Waals surface area contributed by atoms with Gasteiger partial charge in [0, 0.05) is 11.1 Å². The highest BCUT2D eigenvalue weighted by atomic mass is 19.1. The molecule has 0 radical (unpaired) electrons. The maximum atomic E-state index is 13.1. The molecule has 0 atom stereocenters. The quantitative estimate of drug-likeness (QED) is 0.806. The Labute approximate surface area is 123 Å². The Hall–Kier alpha value is -3.09. The lowest BCUT2D eigenvalue weighted by atomic mass is 10.2. The summed E-state index contributed by atoms with van der Waals surface area (Å²) in [5.41, 5.74) is 0.504. The van der Waals surface area contributed by atoms with E-state index in [4.69, 9.17) is 4.42 Å². The fourth-order valence-electron chi connectivity index (χ4n) is 1.81. The molecule has 0 spiro atoms. The van der Waals surface area contributed by atoms with Crippen molar-refractivity contribution < 1.29 is 18.0 Å². The van der Waals surface area contributed by atoms with Gasteiger partial charge in [0.1, 0.15) is 11.6 Å². The number of hydrogen-bond donors (Lipinski definition) is 1. The zero-order valence-corrected chi connectivity index (χ0v) is 11.1. The molecule has 0 saturated carbocycles. The molecule has 3 aromatic rings. The van der Waals surface area contributed by atoms with Crippen molar-refractivity contribution in [3.8, 4) is 11.5 Å². The standard InChI is InChI=1S/C15H9F2N3O2/c16-11-5-1-3-9(7-11)13(21)18-15-20-19-14(22-15)10-4-2-6-12(17)8-10/h1-8H,(H,18,20,21). The van der Waals surface area contributed by atoms with Crippen LogP contribution in [0.25, 0.3) is 11.5 Å². The van der Waals surface area contributed by atoms with Crippen LogP contribution in [0, 0.1) is 11.6 Å². The van der Waals surface area contributed by atoms with Crippen molar-refractivity contribution in [2.45, 2.75) is 0 Å². The van der Waals surface area contributed by atoms with Crippen molar-refractivity contribution in [1.82, 2.24) is 10.2 Å². The Kier molecular flexibility index (Phi) is 3.61. The van der Waals surface area contributed by atoms with Gasteiger partial charge < -0.3 is 4.42 Å². The van der Waals surface area contributed by atoms with Gasteiger partial charge in [0.05, 0.1) is 0 Å². The first-order valence-electron chi connectivity index (χ1n) is 6.28. The highest BCUT2D eigenvalue weighted by molar-refractivity contribution is 6.03. The van der Waals surface area contributed by atoms with Crippen LogP contribution in [0.2, 0.25) is 0 Å². The molecule has 0 aliphatic rings. The minimum absolute atomic E-state index is 0.0639. The molecule has 0 fully saturated rings. The number of amides is 1. The van der Waals surface area contributed by atoms with Gasteiger partial charge in [-0.2, -0.15) is 0 Å². The number of rotatable bonds is 3. The van der Waals surface area contributed by atoms with Gasteiger partial charge in [-0.3, -0.25) is 10.1 Å². The minimum atomic E-state index is -0.589. The fourth-order valence-corrected chi connectivity index (χ4v) is 1.81. The highest BCUT2D eigenvalue weighted by Crippen LogP contribution is 2.20. The number of nitrogens with one attached hydrogen (secondary N) is 1. The smallest absolute Gasteiger partial charge is 0.322 e. The Balaban J connectivity index is 1.78. The van der Waals surface area contributed by atoms with Crippen molar-refractivity contribution in [3.63, 3.8) is 0 Å². The number of anilines is 1. The summed E-state index contributed by atoms with van der Waals surface area (Å²) < 4.78 is 31.4. The molecule has 1 aromatic heterocycles. The zero-order chi connectivity index (χ0) is 15.5. The number of halogens is 2. The molecule has 22 heavy (non-hydrogen) atoms. The topological polar surface area (TPSA) is 68.0 Å². The summed E-state index contributed by atoms with van der Waals surface area (Å²) in [7, 11) is 0. The van der Waals surface area contributed by atoms with E-state index in [9.17, 15) is 13.6 Å². The van der Waals surface area contributed by atoms with Crippen LogP contribution in [0.15, 0.2) is 52.9 Å². The molecule has 0 bridgehead atoms. The second-order valence-corrected chi connectivity index (χ2v) is 4.39. The van der Waals surface area contributed by atoms with E-state index in [0.717, 1.165) is 6.07 Å². The van der Waals surface area contributed by atoms with Gasteiger partial charge in [-0.15, -0.1) is 5.10 Å². The van der Waals surface area contributed by atoms with Gasteiger partial charge in [-0.05, 0) is 36.4 Å². The summed E-state index contributed by atoms with van der Waals surface area (Å²) in [6, 6.07) is 10.6. The third kappa shape index (κ3) is 2.98. The van der Waals surface area contributed by atoms with Gasteiger partial charge in [0.15, 0.2) is 0 Å². The normalized spacial score (nSPS) is 10.5. The second-order valence-electron chi connectivity index (χ2n) is 4.39. The number of hydrogen-bond acceptors (Lipinski definition) is 4. The van der Waals surface area contributed by atoms with Crippen molar-refractivity contribution in [2.24, 2.45) is 0 Å². The van der Waals surface area contributed by atoms with Gasteiger partial charge in [-0.25, -0.2) is 8.78 Å². The van der Waals surface area contributed by atoms with Crippen LogP contribution < -0.4 is 5.32 Å². The van der Waals surface area contributed by atoms with E-state index in [-0.39, 0.29) is 17.5 Å². The average Bonchev–Trinajstić information content (AvgIpc) is 2.96.